The van der Waals surface area contributed by atoms with Gasteiger partial charge in [0.15, 0.2) is 5.96 Å². The molecule has 1 aromatic rings. The lowest BCUT2D eigenvalue weighted by molar-refractivity contribution is 0.179. The standard InChI is InChI=1S/C16H27N3O2/c1-4-17-16(19-13(2)12-21-3)18-11-5-6-14-7-9-15(20)10-8-14/h7-10,13,20H,4-6,11-12H2,1-3H3,(H2,17,18,19). The number of guanidine groups is 1. The van der Waals surface area contributed by atoms with E-state index >= 15 is 0 Å². The van der Waals surface area contributed by atoms with Crippen molar-refractivity contribution in [2.24, 2.45) is 4.99 Å². The zero-order chi connectivity index (χ0) is 15.5. The largest absolute Gasteiger partial charge is 0.508 e. The molecular weight excluding hydrogens is 266 g/mol. The SMILES string of the molecule is CCNC(=NCCCc1ccc(O)cc1)NC(C)COC. The van der Waals surface area contributed by atoms with E-state index in [2.05, 4.69) is 29.5 Å². The molecule has 1 atom stereocenters. The van der Waals surface area contributed by atoms with Crippen LogP contribution in [0.4, 0.5) is 0 Å². The van der Waals surface area contributed by atoms with Crippen molar-refractivity contribution in [2.75, 3.05) is 26.8 Å². The van der Waals surface area contributed by atoms with Crippen LogP contribution in [0.15, 0.2) is 29.3 Å². The second kappa shape index (κ2) is 10.0. The highest BCUT2D eigenvalue weighted by Gasteiger charge is 2.03. The Labute approximate surface area is 127 Å². The summed E-state index contributed by atoms with van der Waals surface area (Å²) < 4.78 is 5.11. The molecule has 0 aliphatic heterocycles. The molecule has 118 valence electrons. The van der Waals surface area contributed by atoms with E-state index < -0.39 is 0 Å². The molecule has 3 N–H and O–H groups in total. The van der Waals surface area contributed by atoms with Gasteiger partial charge in [-0.15, -0.1) is 0 Å². The number of benzene rings is 1. The zero-order valence-electron chi connectivity index (χ0n) is 13.2. The first-order chi connectivity index (χ1) is 10.2. The highest BCUT2D eigenvalue weighted by atomic mass is 16.5. The molecule has 0 saturated heterocycles. The van der Waals surface area contributed by atoms with Crippen molar-refractivity contribution in [2.45, 2.75) is 32.7 Å². The lowest BCUT2D eigenvalue weighted by Crippen LogP contribution is -2.44. The summed E-state index contributed by atoms with van der Waals surface area (Å²) in [5, 5.41) is 15.8. The lowest BCUT2D eigenvalue weighted by atomic mass is 10.1. The van der Waals surface area contributed by atoms with Gasteiger partial charge in [-0.05, 0) is 44.4 Å². The van der Waals surface area contributed by atoms with Crippen LogP contribution in [-0.2, 0) is 11.2 Å². The molecule has 1 rings (SSSR count). The summed E-state index contributed by atoms with van der Waals surface area (Å²) in [5.74, 6) is 1.13. The number of phenolic OH excluding ortho intramolecular Hbond substituents is 1. The van der Waals surface area contributed by atoms with E-state index in [0.29, 0.717) is 12.4 Å². The number of rotatable bonds is 8. The first-order valence-electron chi connectivity index (χ1n) is 7.47. The van der Waals surface area contributed by atoms with Crippen molar-refractivity contribution in [3.05, 3.63) is 29.8 Å². The van der Waals surface area contributed by atoms with Crippen molar-refractivity contribution < 1.29 is 9.84 Å². The maximum atomic E-state index is 9.24. The third kappa shape index (κ3) is 7.56. The summed E-state index contributed by atoms with van der Waals surface area (Å²) in [6.45, 7) is 6.36. The Kier molecular flexibility index (Phi) is 8.28. The summed E-state index contributed by atoms with van der Waals surface area (Å²) in [7, 11) is 1.69. The van der Waals surface area contributed by atoms with Crippen molar-refractivity contribution >= 4 is 5.96 Å². The second-order valence-corrected chi connectivity index (χ2v) is 5.03. The lowest BCUT2D eigenvalue weighted by Gasteiger charge is -2.16. The summed E-state index contributed by atoms with van der Waals surface area (Å²) in [6, 6.07) is 7.56. The monoisotopic (exact) mass is 293 g/mol. The van der Waals surface area contributed by atoms with Crippen LogP contribution in [0.2, 0.25) is 0 Å². The molecule has 1 unspecified atom stereocenters. The summed E-state index contributed by atoms with van der Waals surface area (Å²) in [5.41, 5.74) is 1.22. The molecule has 0 saturated carbocycles. The molecule has 0 aromatic heterocycles. The number of aryl methyl sites for hydroxylation is 1. The summed E-state index contributed by atoms with van der Waals surface area (Å²) >= 11 is 0. The van der Waals surface area contributed by atoms with Crippen LogP contribution in [0, 0.1) is 0 Å². The molecule has 5 nitrogen and oxygen atoms in total. The number of nitrogens with zero attached hydrogens (tertiary/aromatic N) is 1. The van der Waals surface area contributed by atoms with Crippen LogP contribution in [0.5, 0.6) is 5.75 Å². The minimum atomic E-state index is 0.227. The third-order valence-electron chi connectivity index (χ3n) is 2.97. The predicted octanol–water partition coefficient (Wildman–Crippen LogP) is 1.91. The number of phenols is 1. The van der Waals surface area contributed by atoms with Gasteiger partial charge in [-0.3, -0.25) is 4.99 Å². The minimum Gasteiger partial charge on any atom is -0.508 e. The van der Waals surface area contributed by atoms with Crippen LogP contribution in [0.3, 0.4) is 0 Å². The Hall–Kier alpha value is -1.75. The van der Waals surface area contributed by atoms with Gasteiger partial charge in [-0.25, -0.2) is 0 Å². The third-order valence-corrected chi connectivity index (χ3v) is 2.97. The molecule has 0 bridgehead atoms. The Morgan fingerprint density at radius 3 is 2.67 bits per heavy atom. The zero-order valence-corrected chi connectivity index (χ0v) is 13.2. The highest BCUT2D eigenvalue weighted by molar-refractivity contribution is 5.80. The van der Waals surface area contributed by atoms with Crippen molar-refractivity contribution in [3.8, 4) is 5.75 Å². The van der Waals surface area contributed by atoms with Crippen molar-refractivity contribution in [1.82, 2.24) is 10.6 Å². The topological polar surface area (TPSA) is 65.9 Å². The molecule has 0 aliphatic rings. The van der Waals surface area contributed by atoms with E-state index in [0.717, 1.165) is 31.9 Å². The number of ether oxygens (including phenoxy) is 1. The molecule has 5 heteroatoms. The van der Waals surface area contributed by atoms with Gasteiger partial charge in [0.25, 0.3) is 0 Å². The predicted molar refractivity (Wildman–Crippen MR) is 86.9 cm³/mol. The van der Waals surface area contributed by atoms with Gasteiger partial charge < -0.3 is 20.5 Å². The van der Waals surface area contributed by atoms with Gasteiger partial charge in [0, 0.05) is 26.2 Å². The molecule has 0 aliphatic carbocycles. The van der Waals surface area contributed by atoms with Crippen LogP contribution in [-0.4, -0.2) is 43.9 Å². The number of aliphatic imine (C=N–C) groups is 1. The first kappa shape index (κ1) is 17.3. The number of hydrogen-bond donors (Lipinski definition) is 3. The van der Waals surface area contributed by atoms with E-state index in [-0.39, 0.29) is 6.04 Å². The average molecular weight is 293 g/mol. The van der Waals surface area contributed by atoms with Gasteiger partial charge in [-0.1, -0.05) is 12.1 Å². The van der Waals surface area contributed by atoms with E-state index in [1.54, 1.807) is 19.2 Å². The van der Waals surface area contributed by atoms with Crippen LogP contribution >= 0.6 is 0 Å². The van der Waals surface area contributed by atoms with E-state index in [9.17, 15) is 5.11 Å². The Morgan fingerprint density at radius 2 is 2.05 bits per heavy atom. The fourth-order valence-corrected chi connectivity index (χ4v) is 1.98. The highest BCUT2D eigenvalue weighted by Crippen LogP contribution is 2.10. The molecule has 1 aromatic carbocycles. The average Bonchev–Trinajstić information content (AvgIpc) is 2.46. The van der Waals surface area contributed by atoms with E-state index in [4.69, 9.17) is 4.74 Å². The molecule has 0 fully saturated rings. The maximum absolute atomic E-state index is 9.24. The number of hydrogen-bond acceptors (Lipinski definition) is 3. The van der Waals surface area contributed by atoms with Crippen LogP contribution in [0.25, 0.3) is 0 Å². The van der Waals surface area contributed by atoms with E-state index in [1.165, 1.54) is 5.56 Å². The van der Waals surface area contributed by atoms with Crippen LogP contribution in [0.1, 0.15) is 25.8 Å². The molecular formula is C16H27N3O2. The second-order valence-electron chi connectivity index (χ2n) is 5.03. The van der Waals surface area contributed by atoms with Crippen molar-refractivity contribution in [1.29, 1.82) is 0 Å². The van der Waals surface area contributed by atoms with Gasteiger partial charge in [0.05, 0.1) is 6.61 Å². The van der Waals surface area contributed by atoms with E-state index in [1.807, 2.05) is 12.1 Å². The fourth-order valence-electron chi connectivity index (χ4n) is 1.98. The summed E-state index contributed by atoms with van der Waals surface area (Å²) in [4.78, 5) is 4.56. The number of aromatic hydroxyl groups is 1. The molecule has 0 amide bonds. The molecule has 0 heterocycles. The Balaban J connectivity index is 2.37. The molecule has 21 heavy (non-hydrogen) atoms. The molecule has 0 radical (unpaired) electrons. The Morgan fingerprint density at radius 1 is 1.33 bits per heavy atom. The minimum absolute atomic E-state index is 0.227. The number of nitrogens with one attached hydrogen (secondary N) is 2. The smallest absolute Gasteiger partial charge is 0.191 e. The fraction of sp³-hybridized carbons (Fsp3) is 0.562. The van der Waals surface area contributed by atoms with Gasteiger partial charge in [0.1, 0.15) is 5.75 Å². The summed E-state index contributed by atoms with van der Waals surface area (Å²) in [6.07, 6.45) is 1.93. The normalized spacial score (nSPS) is 13.0. The maximum Gasteiger partial charge on any atom is 0.191 e. The van der Waals surface area contributed by atoms with Gasteiger partial charge in [-0.2, -0.15) is 0 Å². The Bertz CT molecular complexity index is 418. The van der Waals surface area contributed by atoms with Crippen molar-refractivity contribution in [3.63, 3.8) is 0 Å². The number of methoxy groups -OCH3 is 1. The van der Waals surface area contributed by atoms with Crippen LogP contribution < -0.4 is 10.6 Å². The van der Waals surface area contributed by atoms with Gasteiger partial charge in [0.2, 0.25) is 0 Å². The van der Waals surface area contributed by atoms with Gasteiger partial charge >= 0.3 is 0 Å². The first-order valence-corrected chi connectivity index (χ1v) is 7.47. The quantitative estimate of drug-likeness (QED) is 0.389. The molecule has 0 spiro atoms.